The molecular weight excluding hydrogens is 270 g/mol. The van der Waals surface area contributed by atoms with Crippen LogP contribution in [0.15, 0.2) is 11.2 Å². The van der Waals surface area contributed by atoms with Crippen LogP contribution in [0.25, 0.3) is 0 Å². The number of sulfonamides is 1. The summed E-state index contributed by atoms with van der Waals surface area (Å²) >= 11 is 0. The number of carboxylic acids is 1. The Labute approximate surface area is 111 Å². The van der Waals surface area contributed by atoms with Gasteiger partial charge < -0.3 is 5.11 Å². The topological polar surface area (TPSA) is 92.5 Å². The molecule has 8 heteroatoms. The number of carboxylic acid groups (broad SMARTS) is 1. The molecule has 0 unspecified atom stereocenters. The Morgan fingerprint density at radius 2 is 2.00 bits per heavy atom. The highest BCUT2D eigenvalue weighted by atomic mass is 32.2. The van der Waals surface area contributed by atoms with Gasteiger partial charge in [0.05, 0.1) is 0 Å². The van der Waals surface area contributed by atoms with Crippen LogP contribution in [0.4, 0.5) is 0 Å². The second kappa shape index (κ2) is 4.93. The van der Waals surface area contributed by atoms with E-state index < -0.39 is 16.0 Å². The maximum Gasteiger partial charge on any atom is 0.340 e. The lowest BCUT2D eigenvalue weighted by Gasteiger charge is -2.28. The van der Waals surface area contributed by atoms with Crippen LogP contribution in [0.2, 0.25) is 0 Å². The molecule has 19 heavy (non-hydrogen) atoms. The molecule has 2 heterocycles. The smallest absolute Gasteiger partial charge is 0.340 e. The number of rotatable bonds is 3. The number of aromatic nitrogens is 2. The van der Waals surface area contributed by atoms with Crippen molar-refractivity contribution in [1.82, 2.24) is 14.1 Å². The van der Waals surface area contributed by atoms with Crippen molar-refractivity contribution in [3.63, 3.8) is 0 Å². The van der Waals surface area contributed by atoms with Crippen LogP contribution >= 0.6 is 0 Å². The van der Waals surface area contributed by atoms with Crippen molar-refractivity contribution in [2.45, 2.75) is 24.8 Å². The van der Waals surface area contributed by atoms with E-state index in [0.29, 0.717) is 19.0 Å². The molecule has 1 aliphatic rings. The third-order valence-corrected chi connectivity index (χ3v) is 5.19. The molecule has 0 saturated carbocycles. The average molecular weight is 287 g/mol. The second-order valence-corrected chi connectivity index (χ2v) is 6.77. The molecular formula is C11H17N3O4S. The summed E-state index contributed by atoms with van der Waals surface area (Å²) in [5, 5.41) is 12.5. The quantitative estimate of drug-likeness (QED) is 0.876. The molecule has 0 aliphatic carbocycles. The van der Waals surface area contributed by atoms with Gasteiger partial charge in [-0.25, -0.2) is 13.2 Å². The first-order valence-electron chi connectivity index (χ1n) is 6.09. The van der Waals surface area contributed by atoms with Crippen molar-refractivity contribution < 1.29 is 18.3 Å². The van der Waals surface area contributed by atoms with Gasteiger partial charge >= 0.3 is 5.97 Å². The molecule has 7 nitrogen and oxygen atoms in total. The number of aryl methyl sites for hydroxylation is 1. The van der Waals surface area contributed by atoms with E-state index in [2.05, 4.69) is 12.0 Å². The van der Waals surface area contributed by atoms with Crippen molar-refractivity contribution in [3.05, 3.63) is 11.8 Å². The van der Waals surface area contributed by atoms with Gasteiger partial charge in [0.25, 0.3) is 10.0 Å². The molecule has 1 aromatic heterocycles. The van der Waals surface area contributed by atoms with E-state index in [1.165, 1.54) is 22.2 Å². The van der Waals surface area contributed by atoms with E-state index in [0.717, 1.165) is 12.8 Å². The summed E-state index contributed by atoms with van der Waals surface area (Å²) in [7, 11) is -2.32. The molecule has 1 aliphatic heterocycles. The van der Waals surface area contributed by atoms with Crippen LogP contribution in [-0.2, 0) is 17.1 Å². The number of aromatic carboxylic acids is 1. The minimum absolute atomic E-state index is 0.277. The van der Waals surface area contributed by atoms with Gasteiger partial charge in [-0.1, -0.05) is 6.92 Å². The van der Waals surface area contributed by atoms with Gasteiger partial charge in [-0.05, 0) is 18.8 Å². The molecule has 0 radical (unpaired) electrons. The van der Waals surface area contributed by atoms with Crippen molar-refractivity contribution in [3.8, 4) is 0 Å². The summed E-state index contributed by atoms with van der Waals surface area (Å²) in [6.45, 7) is 2.91. The van der Waals surface area contributed by atoms with E-state index in [4.69, 9.17) is 5.11 Å². The Bertz CT molecular complexity index is 585. The van der Waals surface area contributed by atoms with Crippen molar-refractivity contribution >= 4 is 16.0 Å². The van der Waals surface area contributed by atoms with E-state index in [1.807, 2.05) is 0 Å². The number of hydrogen-bond donors (Lipinski definition) is 1. The highest BCUT2D eigenvalue weighted by molar-refractivity contribution is 7.89. The van der Waals surface area contributed by atoms with Crippen molar-refractivity contribution in [2.75, 3.05) is 13.1 Å². The summed E-state index contributed by atoms with van der Waals surface area (Å²) < 4.78 is 27.4. The first-order chi connectivity index (χ1) is 8.82. The lowest BCUT2D eigenvalue weighted by Crippen LogP contribution is -2.38. The number of carbonyl (C=O) groups is 1. The monoisotopic (exact) mass is 287 g/mol. The summed E-state index contributed by atoms with van der Waals surface area (Å²) in [6.07, 6.45) is 2.78. The highest BCUT2D eigenvalue weighted by Crippen LogP contribution is 2.24. The van der Waals surface area contributed by atoms with Crippen LogP contribution in [0.5, 0.6) is 0 Å². The Hall–Kier alpha value is -1.41. The summed E-state index contributed by atoms with van der Waals surface area (Å²) in [4.78, 5) is 11.1. The third kappa shape index (κ3) is 2.64. The summed E-state index contributed by atoms with van der Waals surface area (Å²) in [5.41, 5.74) is -0.277. The van der Waals surface area contributed by atoms with Gasteiger partial charge in [-0.15, -0.1) is 0 Å². The van der Waals surface area contributed by atoms with Crippen LogP contribution < -0.4 is 0 Å². The van der Waals surface area contributed by atoms with E-state index in [-0.39, 0.29) is 10.6 Å². The van der Waals surface area contributed by atoms with Gasteiger partial charge in [-0.2, -0.15) is 9.40 Å². The van der Waals surface area contributed by atoms with Gasteiger partial charge in [0.2, 0.25) is 5.03 Å². The molecule has 1 aromatic rings. The molecule has 0 bridgehead atoms. The van der Waals surface area contributed by atoms with Crippen LogP contribution in [0, 0.1) is 5.92 Å². The van der Waals surface area contributed by atoms with Crippen molar-refractivity contribution in [2.24, 2.45) is 13.0 Å². The predicted octanol–water partition coefficient (Wildman–Crippen LogP) is 0.539. The predicted molar refractivity (Wildman–Crippen MR) is 67.3 cm³/mol. The maximum atomic E-state index is 12.4. The van der Waals surface area contributed by atoms with Crippen LogP contribution in [-0.4, -0.2) is 46.7 Å². The van der Waals surface area contributed by atoms with Gasteiger partial charge in [0.1, 0.15) is 5.56 Å². The van der Waals surface area contributed by atoms with Gasteiger partial charge in [0, 0.05) is 26.3 Å². The molecule has 0 amide bonds. The number of piperidine rings is 1. The largest absolute Gasteiger partial charge is 0.478 e. The zero-order valence-corrected chi connectivity index (χ0v) is 11.7. The first kappa shape index (κ1) is 14.0. The zero-order chi connectivity index (χ0) is 14.2. The highest BCUT2D eigenvalue weighted by Gasteiger charge is 2.34. The molecule has 1 saturated heterocycles. The summed E-state index contributed by atoms with van der Waals surface area (Å²) in [6, 6.07) is 0. The van der Waals surface area contributed by atoms with Crippen LogP contribution in [0.3, 0.4) is 0 Å². The summed E-state index contributed by atoms with van der Waals surface area (Å²) in [5.74, 6) is -0.786. The Morgan fingerprint density at radius 1 is 1.42 bits per heavy atom. The molecule has 0 aromatic carbocycles. The fraction of sp³-hybridized carbons (Fsp3) is 0.636. The molecule has 0 spiro atoms. The van der Waals surface area contributed by atoms with Gasteiger partial charge in [0.15, 0.2) is 0 Å². The zero-order valence-electron chi connectivity index (χ0n) is 10.9. The van der Waals surface area contributed by atoms with Crippen LogP contribution in [0.1, 0.15) is 30.1 Å². The SMILES string of the molecule is CC1CCN(S(=O)(=O)c2nn(C)cc2C(=O)O)CC1. The molecule has 0 atom stereocenters. The third-order valence-electron chi connectivity index (χ3n) is 3.35. The molecule has 1 N–H and O–H groups in total. The van der Waals surface area contributed by atoms with Gasteiger partial charge in [-0.3, -0.25) is 4.68 Å². The fourth-order valence-corrected chi connectivity index (χ4v) is 3.74. The lowest BCUT2D eigenvalue weighted by molar-refractivity contribution is 0.0692. The average Bonchev–Trinajstić information content (AvgIpc) is 2.73. The van der Waals surface area contributed by atoms with E-state index in [9.17, 15) is 13.2 Å². The fourth-order valence-electron chi connectivity index (χ4n) is 2.15. The number of nitrogens with zero attached hydrogens (tertiary/aromatic N) is 3. The minimum atomic E-state index is -3.82. The molecule has 2 rings (SSSR count). The molecule has 106 valence electrons. The maximum absolute atomic E-state index is 12.4. The normalized spacial score (nSPS) is 18.6. The standard InChI is InChI=1S/C11H17N3O4S/c1-8-3-5-14(6-4-8)19(17,18)10-9(11(15)16)7-13(2)12-10/h7-8H,3-6H2,1-2H3,(H,15,16). The first-order valence-corrected chi connectivity index (χ1v) is 7.53. The molecule has 1 fully saturated rings. The Morgan fingerprint density at radius 3 is 2.53 bits per heavy atom. The van der Waals surface area contributed by atoms with E-state index in [1.54, 1.807) is 0 Å². The van der Waals surface area contributed by atoms with Crippen molar-refractivity contribution in [1.29, 1.82) is 0 Å². The minimum Gasteiger partial charge on any atom is -0.478 e. The Balaban J connectivity index is 2.37. The lowest BCUT2D eigenvalue weighted by atomic mass is 10.0. The second-order valence-electron chi connectivity index (χ2n) is 4.91. The van der Waals surface area contributed by atoms with E-state index >= 15 is 0 Å². The number of hydrogen-bond acceptors (Lipinski definition) is 4. The Kier molecular flexibility index (Phi) is 3.64.